The van der Waals surface area contributed by atoms with Crippen LogP contribution in [0.4, 0.5) is 0 Å². The first kappa shape index (κ1) is 18.1. The molecule has 0 aliphatic rings. The van der Waals surface area contributed by atoms with Crippen LogP contribution in [0.5, 0.6) is 0 Å². The van der Waals surface area contributed by atoms with Crippen molar-refractivity contribution in [3.63, 3.8) is 0 Å². The largest absolute Gasteiger partial charge is 0.394 e. The van der Waals surface area contributed by atoms with E-state index in [9.17, 15) is 9.90 Å². The Balaban J connectivity index is 2.10. The third-order valence-corrected chi connectivity index (χ3v) is 4.37. The van der Waals surface area contributed by atoms with E-state index in [1.54, 1.807) is 13.8 Å². The monoisotopic (exact) mass is 351 g/mol. The van der Waals surface area contributed by atoms with E-state index >= 15 is 0 Å². The summed E-state index contributed by atoms with van der Waals surface area (Å²) < 4.78 is 1.88. The fourth-order valence-corrected chi connectivity index (χ4v) is 2.91. The molecule has 0 unspecified atom stereocenters. The van der Waals surface area contributed by atoms with E-state index < -0.39 is 5.54 Å². The van der Waals surface area contributed by atoms with Crippen molar-refractivity contribution in [2.24, 2.45) is 0 Å². The van der Waals surface area contributed by atoms with Gasteiger partial charge in [0, 0.05) is 11.4 Å². The summed E-state index contributed by atoms with van der Waals surface area (Å²) in [5.41, 5.74) is 2.82. The van der Waals surface area contributed by atoms with Gasteiger partial charge in [-0.25, -0.2) is 0 Å². The molecular weight excluding hydrogens is 326 g/mol. The van der Waals surface area contributed by atoms with Crippen molar-refractivity contribution < 1.29 is 9.90 Å². The summed E-state index contributed by atoms with van der Waals surface area (Å²) in [6.07, 6.45) is 0. The van der Waals surface area contributed by atoms with Crippen LogP contribution >= 0.6 is 0 Å². The average molecular weight is 351 g/mol. The molecule has 3 aromatic rings. The van der Waals surface area contributed by atoms with Gasteiger partial charge in [0.05, 0.1) is 17.7 Å². The number of fused-ring (bicyclic) bond motifs is 1. The second kappa shape index (κ2) is 6.92. The van der Waals surface area contributed by atoms with Crippen molar-refractivity contribution in [3.05, 3.63) is 54.2 Å². The maximum Gasteiger partial charge on any atom is 0.272 e. The minimum absolute atomic E-state index is 0.121. The summed E-state index contributed by atoms with van der Waals surface area (Å²) in [6, 6.07) is 16.3. The minimum Gasteiger partial charge on any atom is -0.394 e. The summed E-state index contributed by atoms with van der Waals surface area (Å²) in [4.78, 5) is 12.7. The molecule has 3 rings (SSSR count). The van der Waals surface area contributed by atoms with Crippen LogP contribution < -0.4 is 5.32 Å². The molecular formula is C21H25N3O2. The molecule has 0 saturated carbocycles. The SMILES string of the molecule is CC(C)n1nc(C(=O)NC(C)(C)CO)c2ccc(-c3ccccc3)cc21. The molecule has 136 valence electrons. The summed E-state index contributed by atoms with van der Waals surface area (Å²) >= 11 is 0. The first-order chi connectivity index (χ1) is 12.3. The number of carbonyl (C=O) groups is 1. The lowest BCUT2D eigenvalue weighted by atomic mass is 10.0. The van der Waals surface area contributed by atoms with Crippen molar-refractivity contribution in [3.8, 4) is 11.1 Å². The molecule has 0 spiro atoms. The highest BCUT2D eigenvalue weighted by molar-refractivity contribution is 6.06. The van der Waals surface area contributed by atoms with Crippen LogP contribution in [0.2, 0.25) is 0 Å². The summed E-state index contributed by atoms with van der Waals surface area (Å²) in [6.45, 7) is 7.50. The predicted molar refractivity (Wildman–Crippen MR) is 104 cm³/mol. The zero-order valence-electron chi connectivity index (χ0n) is 15.7. The molecule has 0 bridgehead atoms. The molecule has 26 heavy (non-hydrogen) atoms. The Morgan fingerprint density at radius 3 is 2.46 bits per heavy atom. The van der Waals surface area contributed by atoms with Crippen molar-refractivity contribution in [1.82, 2.24) is 15.1 Å². The maximum atomic E-state index is 12.7. The van der Waals surface area contributed by atoms with Gasteiger partial charge in [0.1, 0.15) is 0 Å². The lowest BCUT2D eigenvalue weighted by Gasteiger charge is -2.22. The van der Waals surface area contributed by atoms with Gasteiger partial charge in [-0.15, -0.1) is 0 Å². The zero-order chi connectivity index (χ0) is 18.9. The van der Waals surface area contributed by atoms with Crippen LogP contribution in [-0.2, 0) is 0 Å². The number of nitrogens with one attached hydrogen (secondary N) is 1. The van der Waals surface area contributed by atoms with Gasteiger partial charge in [-0.2, -0.15) is 5.10 Å². The molecule has 1 aromatic heterocycles. The predicted octanol–water partition coefficient (Wildman–Crippen LogP) is 3.78. The Morgan fingerprint density at radius 1 is 1.15 bits per heavy atom. The third-order valence-electron chi connectivity index (χ3n) is 4.37. The van der Waals surface area contributed by atoms with Gasteiger partial charge in [0.2, 0.25) is 0 Å². The van der Waals surface area contributed by atoms with E-state index in [1.807, 2.05) is 48.9 Å². The molecule has 1 amide bonds. The number of nitrogens with zero attached hydrogens (tertiary/aromatic N) is 2. The number of rotatable bonds is 5. The van der Waals surface area contributed by atoms with Gasteiger partial charge < -0.3 is 10.4 Å². The molecule has 5 nitrogen and oxygen atoms in total. The van der Waals surface area contributed by atoms with Gasteiger partial charge in [0.15, 0.2) is 5.69 Å². The van der Waals surface area contributed by atoms with E-state index in [0.29, 0.717) is 5.69 Å². The lowest BCUT2D eigenvalue weighted by Crippen LogP contribution is -2.46. The van der Waals surface area contributed by atoms with E-state index in [1.165, 1.54) is 0 Å². The van der Waals surface area contributed by atoms with Crippen LogP contribution in [0.3, 0.4) is 0 Å². The number of aliphatic hydroxyl groups is 1. The quantitative estimate of drug-likeness (QED) is 0.735. The van der Waals surface area contributed by atoms with Crippen LogP contribution in [-0.4, -0.2) is 32.9 Å². The molecule has 1 heterocycles. The molecule has 0 atom stereocenters. The fourth-order valence-electron chi connectivity index (χ4n) is 2.91. The Kier molecular flexibility index (Phi) is 4.83. The second-order valence-electron chi connectivity index (χ2n) is 7.48. The van der Waals surface area contributed by atoms with E-state index in [0.717, 1.165) is 22.0 Å². The van der Waals surface area contributed by atoms with Gasteiger partial charge >= 0.3 is 0 Å². The molecule has 2 N–H and O–H groups in total. The Morgan fingerprint density at radius 2 is 1.85 bits per heavy atom. The van der Waals surface area contributed by atoms with Crippen molar-refractivity contribution >= 4 is 16.8 Å². The van der Waals surface area contributed by atoms with Crippen LogP contribution in [0, 0.1) is 0 Å². The smallest absolute Gasteiger partial charge is 0.272 e. The highest BCUT2D eigenvalue weighted by atomic mass is 16.3. The number of hydrogen-bond donors (Lipinski definition) is 2. The second-order valence-corrected chi connectivity index (χ2v) is 7.48. The lowest BCUT2D eigenvalue weighted by molar-refractivity contribution is 0.0865. The molecule has 0 aliphatic carbocycles. The van der Waals surface area contributed by atoms with Crippen molar-refractivity contribution in [2.75, 3.05) is 6.61 Å². The number of aromatic nitrogens is 2. The Hall–Kier alpha value is -2.66. The van der Waals surface area contributed by atoms with E-state index in [-0.39, 0.29) is 18.6 Å². The number of amides is 1. The standard InChI is InChI=1S/C21H25N3O2/c1-14(2)24-18-12-16(15-8-6-5-7-9-15)10-11-17(18)19(23-24)20(26)22-21(3,4)13-25/h5-12,14,25H,13H2,1-4H3,(H,22,26). The number of aliphatic hydroxyl groups excluding tert-OH is 1. The first-order valence-corrected chi connectivity index (χ1v) is 8.83. The van der Waals surface area contributed by atoms with Crippen molar-refractivity contribution in [2.45, 2.75) is 39.3 Å². The van der Waals surface area contributed by atoms with Crippen molar-refractivity contribution in [1.29, 1.82) is 0 Å². The summed E-state index contributed by atoms with van der Waals surface area (Å²) in [5, 5.41) is 17.6. The topological polar surface area (TPSA) is 67.2 Å². The average Bonchev–Trinajstić information content (AvgIpc) is 3.01. The molecule has 0 radical (unpaired) electrons. The highest BCUT2D eigenvalue weighted by Crippen LogP contribution is 2.28. The van der Waals surface area contributed by atoms with Crippen LogP contribution in [0.15, 0.2) is 48.5 Å². The summed E-state index contributed by atoms with van der Waals surface area (Å²) in [5.74, 6) is -0.277. The third kappa shape index (κ3) is 3.48. The normalized spacial score (nSPS) is 11.9. The van der Waals surface area contributed by atoms with Gasteiger partial charge in [-0.3, -0.25) is 9.48 Å². The van der Waals surface area contributed by atoms with E-state index in [4.69, 9.17) is 0 Å². The number of hydrogen-bond acceptors (Lipinski definition) is 3. The van der Waals surface area contributed by atoms with Crippen LogP contribution in [0.1, 0.15) is 44.2 Å². The molecule has 0 fully saturated rings. The van der Waals surface area contributed by atoms with Gasteiger partial charge in [0.25, 0.3) is 5.91 Å². The minimum atomic E-state index is -0.699. The van der Waals surface area contributed by atoms with E-state index in [2.05, 4.69) is 28.6 Å². The number of benzene rings is 2. The Labute approximate surface area is 153 Å². The zero-order valence-corrected chi connectivity index (χ0v) is 15.7. The molecule has 0 aliphatic heterocycles. The fraction of sp³-hybridized carbons (Fsp3) is 0.333. The maximum absolute atomic E-state index is 12.7. The molecule has 0 saturated heterocycles. The van der Waals surface area contributed by atoms with Gasteiger partial charge in [-0.1, -0.05) is 36.4 Å². The highest BCUT2D eigenvalue weighted by Gasteiger charge is 2.24. The van der Waals surface area contributed by atoms with Crippen LogP contribution in [0.25, 0.3) is 22.0 Å². The summed E-state index contributed by atoms with van der Waals surface area (Å²) in [7, 11) is 0. The molecule has 2 aromatic carbocycles. The molecule has 5 heteroatoms. The number of carbonyl (C=O) groups excluding carboxylic acids is 1. The Bertz CT molecular complexity index is 927. The first-order valence-electron chi connectivity index (χ1n) is 8.83. The van der Waals surface area contributed by atoms with Gasteiger partial charge in [-0.05, 0) is 51.0 Å².